The molecule has 1 aliphatic rings. The summed E-state index contributed by atoms with van der Waals surface area (Å²) in [6, 6.07) is 7.54. The average Bonchev–Trinajstić information content (AvgIpc) is 2.24. The zero-order chi connectivity index (χ0) is 12.3. The molecule has 0 aliphatic heterocycles. The number of alkyl halides is 2. The average molecular weight is 259 g/mol. The summed E-state index contributed by atoms with van der Waals surface area (Å²) in [6.45, 7) is 0. The molecule has 2 rings (SSSR count). The van der Waals surface area contributed by atoms with Gasteiger partial charge in [0, 0.05) is 23.7 Å². The number of rotatable bonds is 5. The molecule has 0 amide bonds. The van der Waals surface area contributed by atoms with Crippen molar-refractivity contribution in [3.63, 3.8) is 0 Å². The van der Waals surface area contributed by atoms with Crippen LogP contribution >= 0.6 is 11.8 Å². The maximum absolute atomic E-state index is 12.1. The molecule has 1 saturated carbocycles. The lowest BCUT2D eigenvalue weighted by Gasteiger charge is -2.35. The SMILES string of the molecule is COC1CC(Nc2ccc(SC(F)F)cc2)C1. The molecule has 94 valence electrons. The summed E-state index contributed by atoms with van der Waals surface area (Å²) in [6.07, 6.45) is 2.37. The Labute approximate surface area is 104 Å². The number of thioether (sulfide) groups is 1. The van der Waals surface area contributed by atoms with Crippen molar-refractivity contribution in [1.29, 1.82) is 0 Å². The summed E-state index contributed by atoms with van der Waals surface area (Å²) in [5, 5.41) is 3.35. The van der Waals surface area contributed by atoms with E-state index in [0.29, 0.717) is 28.8 Å². The lowest BCUT2D eigenvalue weighted by atomic mass is 9.89. The van der Waals surface area contributed by atoms with E-state index < -0.39 is 5.76 Å². The standard InChI is InChI=1S/C12H15F2NOS/c1-16-10-6-9(7-10)15-8-2-4-11(5-3-8)17-12(13)14/h2-5,9-10,12,15H,6-7H2,1H3. The van der Waals surface area contributed by atoms with E-state index in [1.165, 1.54) is 0 Å². The normalized spacial score (nSPS) is 23.5. The summed E-state index contributed by atoms with van der Waals surface area (Å²) in [5.41, 5.74) is 0.975. The molecule has 0 saturated heterocycles. The Morgan fingerprint density at radius 1 is 1.29 bits per heavy atom. The summed E-state index contributed by atoms with van der Waals surface area (Å²) < 4.78 is 29.4. The van der Waals surface area contributed by atoms with E-state index in [9.17, 15) is 8.78 Å². The van der Waals surface area contributed by atoms with Gasteiger partial charge in [0.2, 0.25) is 0 Å². The van der Waals surface area contributed by atoms with Gasteiger partial charge in [-0.1, -0.05) is 11.8 Å². The van der Waals surface area contributed by atoms with Gasteiger partial charge in [0.1, 0.15) is 0 Å². The van der Waals surface area contributed by atoms with E-state index in [2.05, 4.69) is 5.32 Å². The van der Waals surface area contributed by atoms with Crippen LogP contribution in [0.25, 0.3) is 0 Å². The van der Waals surface area contributed by atoms with Crippen molar-refractivity contribution in [3.05, 3.63) is 24.3 Å². The molecule has 5 heteroatoms. The Kier molecular flexibility index (Phi) is 4.23. The number of benzene rings is 1. The highest BCUT2D eigenvalue weighted by atomic mass is 32.2. The smallest absolute Gasteiger partial charge is 0.288 e. The van der Waals surface area contributed by atoms with Crippen molar-refractivity contribution in [2.45, 2.75) is 35.6 Å². The largest absolute Gasteiger partial charge is 0.382 e. The monoisotopic (exact) mass is 259 g/mol. The first kappa shape index (κ1) is 12.6. The summed E-state index contributed by atoms with van der Waals surface area (Å²) >= 11 is 0.569. The van der Waals surface area contributed by atoms with E-state index in [1.54, 1.807) is 19.2 Å². The number of hydrogen-bond acceptors (Lipinski definition) is 3. The lowest BCUT2D eigenvalue weighted by Crippen LogP contribution is -2.40. The van der Waals surface area contributed by atoms with Crippen LogP contribution in [0.3, 0.4) is 0 Å². The van der Waals surface area contributed by atoms with Gasteiger partial charge in [-0.15, -0.1) is 0 Å². The molecule has 1 aliphatic carbocycles. The third-order valence-corrected chi connectivity index (χ3v) is 3.60. The zero-order valence-electron chi connectivity index (χ0n) is 9.53. The van der Waals surface area contributed by atoms with Crippen molar-refractivity contribution in [3.8, 4) is 0 Å². The molecule has 0 radical (unpaired) electrons. The maximum Gasteiger partial charge on any atom is 0.288 e. The van der Waals surface area contributed by atoms with Gasteiger partial charge in [-0.2, -0.15) is 8.78 Å². The molecule has 0 unspecified atom stereocenters. The second-order valence-corrected chi connectivity index (χ2v) is 5.14. The van der Waals surface area contributed by atoms with Crippen LogP contribution in [0.15, 0.2) is 29.2 Å². The van der Waals surface area contributed by atoms with Crippen molar-refractivity contribution in [2.24, 2.45) is 0 Å². The summed E-state index contributed by atoms with van der Waals surface area (Å²) in [4.78, 5) is 0.592. The van der Waals surface area contributed by atoms with Crippen LogP contribution in [0, 0.1) is 0 Å². The Morgan fingerprint density at radius 3 is 2.47 bits per heavy atom. The van der Waals surface area contributed by atoms with Gasteiger partial charge in [0.25, 0.3) is 5.76 Å². The fraction of sp³-hybridized carbons (Fsp3) is 0.500. The number of ether oxygens (including phenoxy) is 1. The van der Waals surface area contributed by atoms with E-state index in [0.717, 1.165) is 18.5 Å². The van der Waals surface area contributed by atoms with E-state index in [-0.39, 0.29) is 0 Å². The Hall–Kier alpha value is -0.810. The van der Waals surface area contributed by atoms with E-state index >= 15 is 0 Å². The van der Waals surface area contributed by atoms with Crippen LogP contribution in [-0.4, -0.2) is 25.0 Å². The van der Waals surface area contributed by atoms with Gasteiger partial charge < -0.3 is 10.1 Å². The predicted octanol–water partition coefficient (Wildman–Crippen LogP) is 3.59. The van der Waals surface area contributed by atoms with Crippen LogP contribution in [0.2, 0.25) is 0 Å². The third kappa shape index (κ3) is 3.57. The minimum Gasteiger partial charge on any atom is -0.382 e. The molecule has 0 bridgehead atoms. The molecule has 0 atom stereocenters. The highest BCUT2D eigenvalue weighted by Crippen LogP contribution is 2.29. The number of hydrogen-bond donors (Lipinski definition) is 1. The minimum absolute atomic E-state index is 0.362. The number of halogens is 2. The molecule has 0 aromatic heterocycles. The second-order valence-electron chi connectivity index (χ2n) is 4.07. The van der Waals surface area contributed by atoms with Crippen LogP contribution in [-0.2, 0) is 4.74 Å². The van der Waals surface area contributed by atoms with Gasteiger partial charge in [0.15, 0.2) is 0 Å². The number of nitrogens with one attached hydrogen (secondary N) is 1. The Balaban J connectivity index is 1.82. The van der Waals surface area contributed by atoms with E-state index in [1.807, 2.05) is 12.1 Å². The van der Waals surface area contributed by atoms with Crippen molar-refractivity contribution in [2.75, 3.05) is 12.4 Å². The molecule has 1 aromatic rings. The second kappa shape index (κ2) is 5.69. The van der Waals surface area contributed by atoms with Gasteiger partial charge in [-0.25, -0.2) is 0 Å². The fourth-order valence-corrected chi connectivity index (χ4v) is 2.34. The molecule has 1 N–H and O–H groups in total. The first-order valence-corrected chi connectivity index (χ1v) is 6.39. The highest BCUT2D eigenvalue weighted by molar-refractivity contribution is 7.99. The van der Waals surface area contributed by atoms with Gasteiger partial charge in [0.05, 0.1) is 6.10 Å². The zero-order valence-corrected chi connectivity index (χ0v) is 10.3. The number of methoxy groups -OCH3 is 1. The minimum atomic E-state index is -2.36. The van der Waals surface area contributed by atoms with Crippen molar-refractivity contribution >= 4 is 17.4 Å². The van der Waals surface area contributed by atoms with Gasteiger partial charge in [-0.05, 0) is 37.1 Å². The Morgan fingerprint density at radius 2 is 1.94 bits per heavy atom. The quantitative estimate of drug-likeness (QED) is 0.816. The maximum atomic E-state index is 12.1. The lowest BCUT2D eigenvalue weighted by molar-refractivity contribution is 0.0329. The molecule has 2 nitrogen and oxygen atoms in total. The number of anilines is 1. The first-order valence-electron chi connectivity index (χ1n) is 5.51. The van der Waals surface area contributed by atoms with Gasteiger partial charge >= 0.3 is 0 Å². The van der Waals surface area contributed by atoms with Crippen LogP contribution < -0.4 is 5.32 Å². The molecule has 17 heavy (non-hydrogen) atoms. The molecular formula is C12H15F2NOS. The van der Waals surface area contributed by atoms with Crippen molar-refractivity contribution < 1.29 is 13.5 Å². The first-order chi connectivity index (χ1) is 8.17. The summed E-state index contributed by atoms with van der Waals surface area (Å²) in [7, 11) is 1.72. The molecule has 1 fully saturated rings. The van der Waals surface area contributed by atoms with E-state index in [4.69, 9.17) is 4.74 Å². The highest BCUT2D eigenvalue weighted by Gasteiger charge is 2.28. The topological polar surface area (TPSA) is 21.3 Å². The molecule has 0 heterocycles. The van der Waals surface area contributed by atoms with Crippen LogP contribution in [0.1, 0.15) is 12.8 Å². The summed E-state index contributed by atoms with van der Waals surface area (Å²) in [5.74, 6) is -2.36. The van der Waals surface area contributed by atoms with Gasteiger partial charge in [-0.3, -0.25) is 0 Å². The third-order valence-electron chi connectivity index (χ3n) is 2.88. The van der Waals surface area contributed by atoms with Crippen molar-refractivity contribution in [1.82, 2.24) is 0 Å². The predicted molar refractivity (Wildman–Crippen MR) is 65.7 cm³/mol. The fourth-order valence-electron chi connectivity index (χ4n) is 1.84. The van der Waals surface area contributed by atoms with Crippen LogP contribution in [0.4, 0.5) is 14.5 Å². The molecule has 1 aromatic carbocycles. The molecular weight excluding hydrogens is 244 g/mol. The molecule has 0 spiro atoms. The Bertz CT molecular complexity index is 352. The van der Waals surface area contributed by atoms with Crippen LogP contribution in [0.5, 0.6) is 0 Å².